The van der Waals surface area contributed by atoms with Crippen LogP contribution in [0.15, 0.2) is 41.3 Å². The van der Waals surface area contributed by atoms with Crippen LogP contribution in [0, 0.1) is 11.6 Å². The largest absolute Gasteiger partial charge is 0.491 e. The summed E-state index contributed by atoms with van der Waals surface area (Å²) in [4.78, 5) is 27.7. The van der Waals surface area contributed by atoms with Crippen molar-refractivity contribution in [1.82, 2.24) is 14.8 Å². The Morgan fingerprint density at radius 1 is 1.17 bits per heavy atom. The predicted molar refractivity (Wildman–Crippen MR) is 134 cm³/mol. The fourth-order valence-electron chi connectivity index (χ4n) is 4.27. The van der Waals surface area contributed by atoms with Gasteiger partial charge in [-0.3, -0.25) is 9.59 Å². The molecule has 0 spiro atoms. The molecule has 7 nitrogen and oxygen atoms in total. The molecule has 1 fully saturated rings. The lowest BCUT2D eigenvalue weighted by Crippen LogP contribution is -2.47. The number of amides is 1. The van der Waals surface area contributed by atoms with Crippen molar-refractivity contribution < 1.29 is 23.4 Å². The maximum absolute atomic E-state index is 13.9. The molecule has 0 bridgehead atoms. The van der Waals surface area contributed by atoms with Crippen molar-refractivity contribution in [1.29, 1.82) is 0 Å². The van der Waals surface area contributed by atoms with Crippen LogP contribution >= 0.6 is 23.2 Å². The van der Waals surface area contributed by atoms with Crippen LogP contribution in [0.25, 0.3) is 10.9 Å². The second-order valence-corrected chi connectivity index (χ2v) is 9.67. The zero-order chi connectivity index (χ0) is 26.0. The van der Waals surface area contributed by atoms with Gasteiger partial charge in [-0.15, -0.1) is 0 Å². The average Bonchev–Trinajstić information content (AvgIpc) is 2.84. The SMILES string of the molecule is Cn1cc(C(=O)NC2CCN(CC(O)COc3ccc(Cl)c(F)c3)CC2)c(=O)c2cc(F)c(Cl)cc21. The number of halogens is 4. The number of rotatable bonds is 7. The fraction of sp³-hybridized carbons (Fsp3) is 0.360. The Kier molecular flexibility index (Phi) is 8.14. The Bertz CT molecular complexity index is 1340. The number of nitrogens with zero attached hydrogens (tertiary/aromatic N) is 2. The standard InChI is InChI=1S/C25H25Cl2F2N3O4/c1-31-12-18(24(34)17-9-22(29)20(27)10-23(17)31)25(35)30-14-4-6-32(7-5-14)11-15(33)13-36-16-2-3-19(26)21(28)8-16/h2-3,8-10,12,14-15,33H,4-7,11,13H2,1H3,(H,30,35). The van der Waals surface area contributed by atoms with Crippen molar-refractivity contribution in [2.24, 2.45) is 7.05 Å². The molecule has 2 heterocycles. The number of carbonyl (C=O) groups excluding carboxylic acids is 1. The van der Waals surface area contributed by atoms with E-state index in [1.54, 1.807) is 11.6 Å². The number of β-amino-alcohol motifs (C(OH)–C–C–N with tert-alkyl or cyclic N) is 1. The van der Waals surface area contributed by atoms with E-state index in [-0.39, 0.29) is 39.4 Å². The Hall–Kier alpha value is -2.72. The summed E-state index contributed by atoms with van der Waals surface area (Å²) in [6, 6.07) is 6.34. The van der Waals surface area contributed by atoms with Crippen molar-refractivity contribution in [3.05, 3.63) is 74.0 Å². The molecule has 2 aromatic carbocycles. The number of aliphatic hydroxyl groups is 1. The molecule has 0 radical (unpaired) electrons. The van der Waals surface area contributed by atoms with Crippen LogP contribution in [0.1, 0.15) is 23.2 Å². The molecule has 0 aliphatic carbocycles. The van der Waals surface area contributed by atoms with Gasteiger partial charge in [0.1, 0.15) is 35.7 Å². The lowest BCUT2D eigenvalue weighted by atomic mass is 10.0. The van der Waals surface area contributed by atoms with Gasteiger partial charge in [0.2, 0.25) is 5.43 Å². The smallest absolute Gasteiger partial charge is 0.256 e. The molecule has 4 rings (SSSR count). The summed E-state index contributed by atoms with van der Waals surface area (Å²) >= 11 is 11.5. The quantitative estimate of drug-likeness (QED) is 0.477. The number of aliphatic hydroxyl groups excluding tert-OH is 1. The number of aryl methyl sites for hydroxylation is 1. The Morgan fingerprint density at radius 2 is 1.86 bits per heavy atom. The van der Waals surface area contributed by atoms with Crippen LogP contribution in [0.5, 0.6) is 5.75 Å². The van der Waals surface area contributed by atoms with Gasteiger partial charge >= 0.3 is 0 Å². The van der Waals surface area contributed by atoms with Gasteiger partial charge in [-0.05, 0) is 37.1 Å². The Morgan fingerprint density at radius 3 is 2.56 bits per heavy atom. The molecule has 0 saturated carbocycles. The number of likely N-dealkylation sites (tertiary alicyclic amines) is 1. The van der Waals surface area contributed by atoms with E-state index >= 15 is 0 Å². The normalized spacial score (nSPS) is 15.7. The molecule has 1 aliphatic rings. The summed E-state index contributed by atoms with van der Waals surface area (Å²) in [5.41, 5.74) is -0.197. The minimum atomic E-state index is -0.788. The maximum atomic E-state index is 13.9. The highest BCUT2D eigenvalue weighted by molar-refractivity contribution is 6.31. The number of fused-ring (bicyclic) bond motifs is 1. The number of pyridine rings is 1. The van der Waals surface area contributed by atoms with E-state index < -0.39 is 29.1 Å². The highest BCUT2D eigenvalue weighted by Crippen LogP contribution is 2.22. The second-order valence-electron chi connectivity index (χ2n) is 8.86. The van der Waals surface area contributed by atoms with E-state index in [2.05, 4.69) is 5.32 Å². The molecular formula is C25H25Cl2F2N3O4. The van der Waals surface area contributed by atoms with Crippen LogP contribution < -0.4 is 15.5 Å². The second kappa shape index (κ2) is 11.1. The van der Waals surface area contributed by atoms with Gasteiger partial charge in [0.05, 0.1) is 15.6 Å². The Balaban J connectivity index is 1.30. The van der Waals surface area contributed by atoms with E-state index in [1.165, 1.54) is 24.4 Å². The molecule has 36 heavy (non-hydrogen) atoms. The Labute approximate surface area is 216 Å². The van der Waals surface area contributed by atoms with Crippen molar-refractivity contribution in [3.8, 4) is 5.75 Å². The zero-order valence-electron chi connectivity index (χ0n) is 19.4. The highest BCUT2D eigenvalue weighted by Gasteiger charge is 2.24. The molecule has 1 aromatic heterocycles. The first-order valence-electron chi connectivity index (χ1n) is 11.4. The molecule has 1 atom stereocenters. The molecule has 192 valence electrons. The molecule has 11 heteroatoms. The minimum Gasteiger partial charge on any atom is -0.491 e. The monoisotopic (exact) mass is 539 g/mol. The van der Waals surface area contributed by atoms with Crippen LogP contribution in [0.2, 0.25) is 10.0 Å². The average molecular weight is 540 g/mol. The molecule has 3 aromatic rings. The van der Waals surface area contributed by atoms with Crippen molar-refractivity contribution in [2.75, 3.05) is 26.2 Å². The van der Waals surface area contributed by atoms with E-state index in [0.717, 1.165) is 12.1 Å². The van der Waals surface area contributed by atoms with Crippen LogP contribution in [-0.2, 0) is 7.05 Å². The van der Waals surface area contributed by atoms with Crippen molar-refractivity contribution >= 4 is 40.0 Å². The van der Waals surface area contributed by atoms with E-state index in [9.17, 15) is 23.5 Å². The number of hydrogen-bond donors (Lipinski definition) is 2. The lowest BCUT2D eigenvalue weighted by Gasteiger charge is -2.33. The van der Waals surface area contributed by atoms with Gasteiger partial charge in [0.25, 0.3) is 5.91 Å². The molecule has 1 saturated heterocycles. The number of benzene rings is 2. The molecule has 1 aliphatic heterocycles. The van der Waals surface area contributed by atoms with Crippen molar-refractivity contribution in [3.63, 3.8) is 0 Å². The van der Waals surface area contributed by atoms with Gasteiger partial charge in [-0.1, -0.05) is 23.2 Å². The summed E-state index contributed by atoms with van der Waals surface area (Å²) < 4.78 is 34.4. The predicted octanol–water partition coefficient (Wildman–Crippen LogP) is 3.76. The summed E-state index contributed by atoms with van der Waals surface area (Å²) in [6.45, 7) is 1.60. The number of aromatic nitrogens is 1. The van der Waals surface area contributed by atoms with Gasteiger partial charge in [-0.2, -0.15) is 0 Å². The van der Waals surface area contributed by atoms with Gasteiger partial charge < -0.3 is 24.6 Å². The number of ether oxygens (including phenoxy) is 1. The first kappa shape index (κ1) is 26.3. The minimum absolute atomic E-state index is 0.00217. The van der Waals surface area contributed by atoms with E-state index in [1.807, 2.05) is 4.90 Å². The zero-order valence-corrected chi connectivity index (χ0v) is 21.0. The van der Waals surface area contributed by atoms with Gasteiger partial charge in [0.15, 0.2) is 0 Å². The van der Waals surface area contributed by atoms with Crippen LogP contribution in [0.3, 0.4) is 0 Å². The van der Waals surface area contributed by atoms with E-state index in [4.69, 9.17) is 27.9 Å². The third-order valence-corrected chi connectivity index (χ3v) is 6.80. The van der Waals surface area contributed by atoms with Gasteiger partial charge in [0, 0.05) is 50.4 Å². The number of piperidine rings is 1. The summed E-state index contributed by atoms with van der Waals surface area (Å²) in [5, 5.41) is 13.2. The van der Waals surface area contributed by atoms with Crippen molar-refractivity contribution in [2.45, 2.75) is 25.0 Å². The molecule has 1 amide bonds. The van der Waals surface area contributed by atoms with E-state index in [0.29, 0.717) is 38.0 Å². The topological polar surface area (TPSA) is 83.8 Å². The summed E-state index contributed by atoms with van der Waals surface area (Å²) in [6.07, 6.45) is 1.88. The van der Waals surface area contributed by atoms with Gasteiger partial charge in [-0.25, -0.2) is 8.78 Å². The highest BCUT2D eigenvalue weighted by atomic mass is 35.5. The first-order valence-corrected chi connectivity index (χ1v) is 12.2. The number of hydrogen-bond acceptors (Lipinski definition) is 5. The molecular weight excluding hydrogens is 515 g/mol. The third-order valence-electron chi connectivity index (χ3n) is 6.20. The summed E-state index contributed by atoms with van der Waals surface area (Å²) in [5.74, 6) is -1.55. The lowest BCUT2D eigenvalue weighted by molar-refractivity contribution is 0.0567. The first-order chi connectivity index (χ1) is 17.1. The van der Waals surface area contributed by atoms with Crippen LogP contribution in [-0.4, -0.2) is 58.9 Å². The maximum Gasteiger partial charge on any atom is 0.256 e. The fourth-order valence-corrected chi connectivity index (χ4v) is 4.55. The third kappa shape index (κ3) is 5.98. The number of nitrogens with one attached hydrogen (secondary N) is 1. The number of carbonyl (C=O) groups is 1. The molecule has 1 unspecified atom stereocenters. The molecule has 2 N–H and O–H groups in total. The summed E-state index contributed by atoms with van der Waals surface area (Å²) in [7, 11) is 1.66. The van der Waals surface area contributed by atoms with Crippen LogP contribution in [0.4, 0.5) is 8.78 Å².